The number of aliphatic hydroxyl groups excluding tert-OH is 1. The molecule has 0 saturated carbocycles. The monoisotopic (exact) mass is 257 g/mol. The first kappa shape index (κ1) is 13.8. The van der Waals surface area contributed by atoms with Gasteiger partial charge in [0.05, 0.1) is 16.7 Å². The molecule has 1 aromatic carbocycles. The summed E-state index contributed by atoms with van der Waals surface area (Å²) in [5.74, 6) is -0.359. The molecule has 0 aliphatic heterocycles. The molecular weight excluding hydrogens is 242 g/mol. The molecule has 0 fully saturated rings. The van der Waals surface area contributed by atoms with Crippen molar-refractivity contribution in [1.29, 1.82) is 0 Å². The second-order valence-corrected chi connectivity index (χ2v) is 4.18. The molecular formula is C12H16ClNO3. The van der Waals surface area contributed by atoms with Crippen LogP contribution in [0.4, 0.5) is 0 Å². The Morgan fingerprint density at radius 3 is 2.88 bits per heavy atom. The normalized spacial score (nSPS) is 12.2. The number of phenols is 1. The summed E-state index contributed by atoms with van der Waals surface area (Å²) in [7, 11) is 0. The number of hydrogen-bond acceptors (Lipinski definition) is 3. The molecule has 1 rings (SSSR count). The lowest BCUT2D eigenvalue weighted by atomic mass is 10.2. The highest BCUT2D eigenvalue weighted by Gasteiger charge is 2.11. The Morgan fingerprint density at radius 2 is 2.24 bits per heavy atom. The lowest BCUT2D eigenvalue weighted by Gasteiger charge is -2.09. The van der Waals surface area contributed by atoms with E-state index in [9.17, 15) is 15.0 Å². The van der Waals surface area contributed by atoms with Crippen molar-refractivity contribution in [2.24, 2.45) is 0 Å². The van der Waals surface area contributed by atoms with Crippen LogP contribution in [0.15, 0.2) is 18.2 Å². The number of aliphatic hydroxyl groups is 1. The minimum atomic E-state index is -0.407. The first-order chi connectivity index (χ1) is 8.04. The van der Waals surface area contributed by atoms with E-state index < -0.39 is 6.10 Å². The molecule has 0 aromatic heterocycles. The number of hydrogen-bond donors (Lipinski definition) is 3. The topological polar surface area (TPSA) is 69.6 Å². The molecule has 1 amide bonds. The van der Waals surface area contributed by atoms with Gasteiger partial charge in [0.25, 0.3) is 5.91 Å². The molecule has 1 aromatic rings. The summed E-state index contributed by atoms with van der Waals surface area (Å²) in [6.45, 7) is 2.25. The molecule has 0 radical (unpaired) electrons. The molecule has 1 unspecified atom stereocenters. The van der Waals surface area contributed by atoms with Crippen LogP contribution in [0.25, 0.3) is 0 Å². The van der Waals surface area contributed by atoms with Crippen LogP contribution in [0, 0.1) is 0 Å². The minimum absolute atomic E-state index is 0.00635. The second kappa shape index (κ2) is 6.47. The maximum absolute atomic E-state index is 11.7. The summed E-state index contributed by atoms with van der Waals surface area (Å²) >= 11 is 5.84. The lowest BCUT2D eigenvalue weighted by Crippen LogP contribution is -2.27. The number of amides is 1. The van der Waals surface area contributed by atoms with Crippen LogP contribution in [-0.2, 0) is 0 Å². The third-order valence-corrected chi connectivity index (χ3v) is 2.76. The molecule has 17 heavy (non-hydrogen) atoms. The largest absolute Gasteiger partial charge is 0.508 e. The van der Waals surface area contributed by atoms with E-state index in [1.807, 2.05) is 6.92 Å². The predicted octanol–water partition coefficient (Wildman–Crippen LogP) is 1.94. The first-order valence-corrected chi connectivity index (χ1v) is 5.87. The fraction of sp³-hybridized carbons (Fsp3) is 0.417. The third kappa shape index (κ3) is 4.24. The second-order valence-electron chi connectivity index (χ2n) is 3.77. The van der Waals surface area contributed by atoms with Crippen LogP contribution < -0.4 is 5.32 Å². The summed E-state index contributed by atoms with van der Waals surface area (Å²) in [5, 5.41) is 21.5. The zero-order valence-electron chi connectivity index (χ0n) is 9.61. The van der Waals surface area contributed by atoms with Crippen molar-refractivity contribution in [2.45, 2.75) is 25.9 Å². The van der Waals surface area contributed by atoms with Crippen LogP contribution in [0.3, 0.4) is 0 Å². The van der Waals surface area contributed by atoms with E-state index in [2.05, 4.69) is 5.32 Å². The Balaban J connectivity index is 2.55. The van der Waals surface area contributed by atoms with Crippen LogP contribution in [-0.4, -0.2) is 28.8 Å². The van der Waals surface area contributed by atoms with Gasteiger partial charge in [-0.25, -0.2) is 0 Å². The molecule has 0 spiro atoms. The summed E-state index contributed by atoms with van der Waals surface area (Å²) in [6, 6.07) is 4.19. The highest BCUT2D eigenvalue weighted by atomic mass is 35.5. The van der Waals surface area contributed by atoms with Crippen molar-refractivity contribution >= 4 is 17.5 Å². The molecule has 0 aliphatic rings. The minimum Gasteiger partial charge on any atom is -0.508 e. The van der Waals surface area contributed by atoms with E-state index in [-0.39, 0.29) is 22.2 Å². The predicted molar refractivity (Wildman–Crippen MR) is 66.4 cm³/mol. The molecule has 1 atom stereocenters. The van der Waals surface area contributed by atoms with Crippen LogP contribution in [0.1, 0.15) is 30.1 Å². The van der Waals surface area contributed by atoms with Gasteiger partial charge in [-0.2, -0.15) is 0 Å². The fourth-order valence-corrected chi connectivity index (χ4v) is 1.54. The van der Waals surface area contributed by atoms with Gasteiger partial charge in [-0.05, 0) is 31.0 Å². The Labute approximate surface area is 105 Å². The van der Waals surface area contributed by atoms with Gasteiger partial charge >= 0.3 is 0 Å². The molecule has 0 aliphatic carbocycles. The van der Waals surface area contributed by atoms with E-state index in [0.717, 1.165) is 0 Å². The van der Waals surface area contributed by atoms with Crippen molar-refractivity contribution in [2.75, 3.05) is 6.54 Å². The maximum Gasteiger partial charge on any atom is 0.252 e. The lowest BCUT2D eigenvalue weighted by molar-refractivity contribution is 0.0941. The van der Waals surface area contributed by atoms with E-state index in [4.69, 9.17) is 11.6 Å². The van der Waals surface area contributed by atoms with Crippen LogP contribution in [0.5, 0.6) is 5.75 Å². The highest BCUT2D eigenvalue weighted by Crippen LogP contribution is 2.20. The maximum atomic E-state index is 11.7. The standard InChI is InChI=1S/C12H16ClNO3/c1-2-8(15)5-6-14-12(17)10-7-9(16)3-4-11(10)13/h3-4,7-8,15-16H,2,5-6H2,1H3,(H,14,17). The van der Waals surface area contributed by atoms with Gasteiger partial charge in [0, 0.05) is 6.54 Å². The SMILES string of the molecule is CCC(O)CCNC(=O)c1cc(O)ccc1Cl. The van der Waals surface area contributed by atoms with Gasteiger partial charge in [-0.3, -0.25) is 4.79 Å². The average molecular weight is 258 g/mol. The van der Waals surface area contributed by atoms with Gasteiger partial charge in [-0.15, -0.1) is 0 Å². The first-order valence-electron chi connectivity index (χ1n) is 5.49. The summed E-state index contributed by atoms with van der Waals surface area (Å²) < 4.78 is 0. The van der Waals surface area contributed by atoms with Crippen LogP contribution in [0.2, 0.25) is 5.02 Å². The molecule has 0 heterocycles. The van der Waals surface area contributed by atoms with Crippen molar-refractivity contribution in [3.63, 3.8) is 0 Å². The molecule has 94 valence electrons. The summed E-state index contributed by atoms with van der Waals surface area (Å²) in [4.78, 5) is 11.7. The number of phenolic OH excluding ortho intramolecular Hbond substituents is 1. The Bertz CT molecular complexity index is 395. The number of carbonyl (C=O) groups is 1. The Kier molecular flexibility index (Phi) is 5.25. The van der Waals surface area contributed by atoms with Crippen molar-refractivity contribution in [1.82, 2.24) is 5.32 Å². The van der Waals surface area contributed by atoms with E-state index in [1.54, 1.807) is 0 Å². The third-order valence-electron chi connectivity index (χ3n) is 2.43. The van der Waals surface area contributed by atoms with Gasteiger partial charge in [0.1, 0.15) is 5.75 Å². The average Bonchev–Trinajstić information content (AvgIpc) is 2.31. The highest BCUT2D eigenvalue weighted by molar-refractivity contribution is 6.33. The number of halogens is 1. The van der Waals surface area contributed by atoms with E-state index in [1.165, 1.54) is 18.2 Å². The van der Waals surface area contributed by atoms with Crippen molar-refractivity contribution in [3.05, 3.63) is 28.8 Å². The zero-order valence-corrected chi connectivity index (χ0v) is 10.4. The Hall–Kier alpha value is -1.26. The van der Waals surface area contributed by atoms with E-state index in [0.29, 0.717) is 19.4 Å². The van der Waals surface area contributed by atoms with Gasteiger partial charge in [0.15, 0.2) is 0 Å². The molecule has 4 nitrogen and oxygen atoms in total. The van der Waals surface area contributed by atoms with Crippen LogP contribution >= 0.6 is 11.6 Å². The number of aromatic hydroxyl groups is 1. The number of nitrogens with one attached hydrogen (secondary N) is 1. The quantitative estimate of drug-likeness (QED) is 0.755. The summed E-state index contributed by atoms with van der Waals surface area (Å²) in [6.07, 6.45) is 0.747. The Morgan fingerprint density at radius 1 is 1.53 bits per heavy atom. The number of rotatable bonds is 5. The smallest absolute Gasteiger partial charge is 0.252 e. The van der Waals surface area contributed by atoms with Gasteiger partial charge in [-0.1, -0.05) is 18.5 Å². The molecule has 0 bridgehead atoms. The van der Waals surface area contributed by atoms with Crippen molar-refractivity contribution in [3.8, 4) is 5.75 Å². The van der Waals surface area contributed by atoms with Gasteiger partial charge in [0.2, 0.25) is 0 Å². The molecule has 0 saturated heterocycles. The van der Waals surface area contributed by atoms with E-state index >= 15 is 0 Å². The van der Waals surface area contributed by atoms with Crippen molar-refractivity contribution < 1.29 is 15.0 Å². The van der Waals surface area contributed by atoms with Gasteiger partial charge < -0.3 is 15.5 Å². The molecule has 5 heteroatoms. The summed E-state index contributed by atoms with van der Waals surface area (Å²) in [5.41, 5.74) is 0.234. The number of carbonyl (C=O) groups excluding carboxylic acids is 1. The number of benzene rings is 1. The molecule has 3 N–H and O–H groups in total. The fourth-order valence-electron chi connectivity index (χ4n) is 1.34. The zero-order chi connectivity index (χ0) is 12.8.